The summed E-state index contributed by atoms with van der Waals surface area (Å²) in [5.41, 5.74) is 1.91. The van der Waals surface area contributed by atoms with E-state index in [2.05, 4.69) is 9.63 Å². The van der Waals surface area contributed by atoms with E-state index in [1.807, 2.05) is 39.0 Å². The predicted molar refractivity (Wildman–Crippen MR) is 101 cm³/mol. The maximum Gasteiger partial charge on any atom is 0.299 e. The highest BCUT2D eigenvalue weighted by molar-refractivity contribution is 7.90. The predicted octanol–water partition coefficient (Wildman–Crippen LogP) is 4.78. The van der Waals surface area contributed by atoms with E-state index < -0.39 is 10.0 Å². The quantitative estimate of drug-likeness (QED) is 0.655. The van der Waals surface area contributed by atoms with Gasteiger partial charge >= 0.3 is 0 Å². The zero-order valence-corrected chi connectivity index (χ0v) is 15.7. The minimum absolute atomic E-state index is 0.0669. The molecule has 0 aliphatic heterocycles. The highest BCUT2D eigenvalue weighted by Crippen LogP contribution is 2.39. The van der Waals surface area contributed by atoms with Gasteiger partial charge in [0.05, 0.1) is 10.4 Å². The number of aromatic hydroxyl groups is 1. The lowest BCUT2D eigenvalue weighted by molar-refractivity contribution is 0.401. The third kappa shape index (κ3) is 3.48. The molecular formula is C19H21N3O3S. The molecule has 0 aliphatic carbocycles. The SMILES string of the molecule is Cc1ccc(S(=O)(=O)N=Nc2c(O)n(CC(C)C)c3ccccc23)cc1. The minimum atomic E-state index is -3.94. The fraction of sp³-hybridized carbons (Fsp3) is 0.263. The Kier molecular flexibility index (Phi) is 4.82. The van der Waals surface area contributed by atoms with Crippen LogP contribution in [0.5, 0.6) is 5.88 Å². The first-order chi connectivity index (χ1) is 12.3. The molecule has 0 saturated heterocycles. The van der Waals surface area contributed by atoms with Crippen molar-refractivity contribution in [3.05, 3.63) is 54.1 Å². The lowest BCUT2D eigenvalue weighted by Crippen LogP contribution is -2.03. The van der Waals surface area contributed by atoms with Crippen molar-refractivity contribution in [2.75, 3.05) is 0 Å². The largest absolute Gasteiger partial charge is 0.493 e. The van der Waals surface area contributed by atoms with Crippen molar-refractivity contribution in [2.24, 2.45) is 15.6 Å². The first-order valence-corrected chi connectivity index (χ1v) is 9.78. The number of sulfonamides is 1. The second kappa shape index (κ2) is 6.92. The van der Waals surface area contributed by atoms with Crippen molar-refractivity contribution in [1.29, 1.82) is 0 Å². The van der Waals surface area contributed by atoms with Crippen LogP contribution >= 0.6 is 0 Å². The number of fused-ring (bicyclic) bond motifs is 1. The Bertz CT molecular complexity index is 1070. The van der Waals surface area contributed by atoms with Crippen molar-refractivity contribution >= 4 is 26.6 Å². The van der Waals surface area contributed by atoms with Crippen LogP contribution in [0.3, 0.4) is 0 Å². The highest BCUT2D eigenvalue weighted by Gasteiger charge is 2.19. The van der Waals surface area contributed by atoms with Crippen LogP contribution in [0.25, 0.3) is 10.9 Å². The van der Waals surface area contributed by atoms with Gasteiger partial charge in [-0.3, -0.25) is 0 Å². The van der Waals surface area contributed by atoms with Gasteiger partial charge in [0.25, 0.3) is 10.0 Å². The standard InChI is InChI=1S/C19H21N3O3S/c1-13(2)12-22-17-7-5-4-6-16(17)18(19(22)23)20-21-26(24,25)15-10-8-14(3)9-11-15/h4-11,13,23H,12H2,1-3H3. The molecule has 2 aromatic carbocycles. The number of benzene rings is 2. The molecule has 1 heterocycles. The number of aromatic nitrogens is 1. The Balaban J connectivity index is 2.07. The molecule has 7 heteroatoms. The van der Waals surface area contributed by atoms with E-state index in [1.54, 1.807) is 22.8 Å². The maximum absolute atomic E-state index is 12.4. The fourth-order valence-corrected chi connectivity index (χ4v) is 3.54. The van der Waals surface area contributed by atoms with Crippen molar-refractivity contribution in [1.82, 2.24) is 4.57 Å². The first kappa shape index (κ1) is 18.1. The first-order valence-electron chi connectivity index (χ1n) is 8.34. The molecule has 0 spiro atoms. The van der Waals surface area contributed by atoms with Gasteiger partial charge in [0.2, 0.25) is 5.88 Å². The molecule has 3 rings (SSSR count). The fourth-order valence-electron chi connectivity index (χ4n) is 2.77. The van der Waals surface area contributed by atoms with E-state index in [9.17, 15) is 13.5 Å². The summed E-state index contributed by atoms with van der Waals surface area (Å²) < 4.78 is 30.1. The molecule has 0 unspecified atom stereocenters. The summed E-state index contributed by atoms with van der Waals surface area (Å²) in [4.78, 5) is 0.0669. The number of para-hydroxylation sites is 1. The average molecular weight is 371 g/mol. The Morgan fingerprint density at radius 3 is 2.38 bits per heavy atom. The second-order valence-corrected chi connectivity index (χ2v) is 8.25. The average Bonchev–Trinajstić information content (AvgIpc) is 2.85. The van der Waals surface area contributed by atoms with Crippen LogP contribution in [-0.2, 0) is 16.6 Å². The number of hydrogen-bond donors (Lipinski definition) is 1. The van der Waals surface area contributed by atoms with Crippen molar-refractivity contribution in [2.45, 2.75) is 32.2 Å². The Morgan fingerprint density at radius 2 is 1.73 bits per heavy atom. The zero-order chi connectivity index (χ0) is 18.9. The summed E-state index contributed by atoms with van der Waals surface area (Å²) >= 11 is 0. The summed E-state index contributed by atoms with van der Waals surface area (Å²) in [5.74, 6) is 0.223. The maximum atomic E-state index is 12.4. The molecule has 1 N–H and O–H groups in total. The van der Waals surface area contributed by atoms with Gasteiger partial charge in [-0.1, -0.05) is 54.3 Å². The number of hydrogen-bond acceptors (Lipinski definition) is 4. The Hall–Kier alpha value is -2.67. The number of rotatable bonds is 5. The van der Waals surface area contributed by atoms with Gasteiger partial charge in [-0.25, -0.2) is 0 Å². The van der Waals surface area contributed by atoms with Gasteiger partial charge in [0.15, 0.2) is 5.69 Å². The van der Waals surface area contributed by atoms with Crippen molar-refractivity contribution in [3.63, 3.8) is 0 Å². The van der Waals surface area contributed by atoms with Crippen LogP contribution < -0.4 is 0 Å². The molecule has 0 saturated carbocycles. The van der Waals surface area contributed by atoms with E-state index in [0.29, 0.717) is 17.8 Å². The van der Waals surface area contributed by atoms with Gasteiger partial charge in [-0.15, -0.1) is 5.11 Å². The van der Waals surface area contributed by atoms with Gasteiger partial charge < -0.3 is 9.67 Å². The molecule has 136 valence electrons. The summed E-state index contributed by atoms with van der Waals surface area (Å²) in [6, 6.07) is 13.7. The van der Waals surface area contributed by atoms with Gasteiger partial charge in [0, 0.05) is 11.9 Å². The number of aryl methyl sites for hydroxylation is 1. The molecule has 0 radical (unpaired) electrons. The van der Waals surface area contributed by atoms with Gasteiger partial charge in [-0.2, -0.15) is 8.42 Å². The molecule has 3 aromatic rings. The van der Waals surface area contributed by atoms with Crippen LogP contribution in [0, 0.1) is 12.8 Å². The Labute approximate surface area is 152 Å². The van der Waals surface area contributed by atoms with E-state index in [1.165, 1.54) is 12.1 Å². The topological polar surface area (TPSA) is 84.0 Å². The summed E-state index contributed by atoms with van der Waals surface area (Å²) in [5, 5.41) is 15.1. The van der Waals surface area contributed by atoms with Crippen LogP contribution in [0.4, 0.5) is 5.69 Å². The van der Waals surface area contributed by atoms with Gasteiger partial charge in [0.1, 0.15) is 0 Å². The zero-order valence-electron chi connectivity index (χ0n) is 14.9. The van der Waals surface area contributed by atoms with E-state index in [-0.39, 0.29) is 16.5 Å². The molecule has 1 aromatic heterocycles. The summed E-state index contributed by atoms with van der Waals surface area (Å²) in [6.07, 6.45) is 0. The molecular weight excluding hydrogens is 350 g/mol. The van der Waals surface area contributed by atoms with Crippen LogP contribution in [0.2, 0.25) is 0 Å². The molecule has 26 heavy (non-hydrogen) atoms. The lowest BCUT2D eigenvalue weighted by Gasteiger charge is -2.09. The molecule has 0 bridgehead atoms. The normalized spacial score (nSPS) is 12.5. The second-order valence-electron chi connectivity index (χ2n) is 6.66. The minimum Gasteiger partial charge on any atom is -0.493 e. The molecule has 6 nitrogen and oxygen atoms in total. The van der Waals surface area contributed by atoms with Crippen LogP contribution in [0.1, 0.15) is 19.4 Å². The summed E-state index contributed by atoms with van der Waals surface area (Å²) in [6.45, 7) is 6.54. The molecule has 0 atom stereocenters. The molecule has 0 amide bonds. The van der Waals surface area contributed by atoms with E-state index in [0.717, 1.165) is 11.1 Å². The number of nitrogens with zero attached hydrogens (tertiary/aromatic N) is 3. The van der Waals surface area contributed by atoms with Crippen molar-refractivity contribution < 1.29 is 13.5 Å². The molecule has 0 fully saturated rings. The highest BCUT2D eigenvalue weighted by atomic mass is 32.2. The third-order valence-electron chi connectivity index (χ3n) is 4.03. The van der Waals surface area contributed by atoms with E-state index in [4.69, 9.17) is 0 Å². The summed E-state index contributed by atoms with van der Waals surface area (Å²) in [7, 11) is -3.94. The van der Waals surface area contributed by atoms with Crippen LogP contribution in [-0.4, -0.2) is 18.1 Å². The Morgan fingerprint density at radius 1 is 1.08 bits per heavy atom. The molecule has 0 aliphatic rings. The lowest BCUT2D eigenvalue weighted by atomic mass is 10.2. The van der Waals surface area contributed by atoms with Gasteiger partial charge in [-0.05, 0) is 31.0 Å². The smallest absolute Gasteiger partial charge is 0.299 e. The third-order valence-corrected chi connectivity index (χ3v) is 5.20. The van der Waals surface area contributed by atoms with E-state index >= 15 is 0 Å². The monoisotopic (exact) mass is 371 g/mol. The van der Waals surface area contributed by atoms with Crippen LogP contribution in [0.15, 0.2) is 63.1 Å². The van der Waals surface area contributed by atoms with Crippen molar-refractivity contribution in [3.8, 4) is 5.88 Å².